The van der Waals surface area contributed by atoms with Crippen LogP contribution in [0.15, 0.2) is 60.0 Å². The number of alkyl halides is 2. The molecular weight excluding hydrogens is 512 g/mol. The van der Waals surface area contributed by atoms with Gasteiger partial charge in [-0.2, -0.15) is 0 Å². The molecule has 2 heterocycles. The van der Waals surface area contributed by atoms with Crippen LogP contribution in [0.3, 0.4) is 0 Å². The van der Waals surface area contributed by atoms with Crippen molar-refractivity contribution in [1.82, 2.24) is 9.58 Å². The van der Waals surface area contributed by atoms with Gasteiger partial charge in [0.15, 0.2) is 11.4 Å². The van der Waals surface area contributed by atoms with Crippen LogP contribution in [-0.4, -0.2) is 53.5 Å². The molecule has 39 heavy (non-hydrogen) atoms. The van der Waals surface area contributed by atoms with Crippen molar-refractivity contribution in [3.05, 3.63) is 76.7 Å². The van der Waals surface area contributed by atoms with E-state index in [0.29, 0.717) is 6.42 Å². The number of benzene rings is 1. The van der Waals surface area contributed by atoms with Crippen LogP contribution in [0.5, 0.6) is 5.75 Å². The summed E-state index contributed by atoms with van der Waals surface area (Å²) in [6.45, 7) is 5.48. The lowest BCUT2D eigenvalue weighted by molar-refractivity contribution is -0.0646. The van der Waals surface area contributed by atoms with Gasteiger partial charge in [0.2, 0.25) is 11.4 Å². The van der Waals surface area contributed by atoms with Gasteiger partial charge in [0.1, 0.15) is 19.4 Å². The third-order valence-corrected chi connectivity index (χ3v) is 7.15. The summed E-state index contributed by atoms with van der Waals surface area (Å²) in [5.41, 5.74) is 2.68. The normalized spacial score (nSPS) is 19.4. The van der Waals surface area contributed by atoms with Crippen LogP contribution in [0.4, 0.5) is 13.6 Å². The maximum absolute atomic E-state index is 14.0. The van der Waals surface area contributed by atoms with Crippen LogP contribution in [0, 0.1) is 5.41 Å². The molecule has 1 aromatic carbocycles. The second-order valence-electron chi connectivity index (χ2n) is 9.92. The van der Waals surface area contributed by atoms with E-state index in [4.69, 9.17) is 14.2 Å². The number of nitrogens with zero attached hydrogens (tertiary/aromatic N) is 2. The minimum atomic E-state index is -2.73. The lowest BCUT2D eigenvalue weighted by atomic mass is 9.72. The van der Waals surface area contributed by atoms with Crippen molar-refractivity contribution < 1.29 is 32.6 Å². The first-order valence-electron chi connectivity index (χ1n) is 13.0. The van der Waals surface area contributed by atoms with Crippen LogP contribution in [0.25, 0.3) is 0 Å². The molecule has 210 valence electrons. The molecule has 1 saturated heterocycles. The number of hydrogen-bond donors (Lipinski definition) is 1. The molecule has 0 bridgehead atoms. The molecule has 9 nitrogen and oxygen atoms in total. The number of ether oxygens (including phenoxy) is 3. The maximum Gasteiger partial charge on any atom is 0.411 e. The molecular formula is C28H33F2N3O6. The molecule has 11 heteroatoms. The number of hydrogen-bond acceptors (Lipinski definition) is 7. The highest BCUT2D eigenvalue weighted by atomic mass is 19.3. The molecule has 0 radical (unpaired) electrons. The predicted octanol–water partition coefficient (Wildman–Crippen LogP) is 4.70. The van der Waals surface area contributed by atoms with Crippen molar-refractivity contribution in [3.63, 3.8) is 0 Å². The van der Waals surface area contributed by atoms with Gasteiger partial charge in [0.05, 0.1) is 6.61 Å². The van der Waals surface area contributed by atoms with Crippen LogP contribution < -0.4 is 15.6 Å². The standard InChI is InChI=1S/C28H33F2N3O6/c1-3-16-38-26(36)32-19-27(11-13-28(29,30)14-12-27)17-22(32)31-33-15-10-21(34)24(23(33)25(35)37-4-2)39-18-20-8-6-5-7-9-20/h3,5-10,15,22,31H,1,4,11-14,16-19H2,2H3. The molecule has 2 fully saturated rings. The van der Waals surface area contributed by atoms with Gasteiger partial charge in [-0.1, -0.05) is 43.0 Å². The zero-order valence-electron chi connectivity index (χ0n) is 21.9. The molecule has 1 unspecified atom stereocenters. The first-order chi connectivity index (χ1) is 18.7. The number of halogens is 2. The van der Waals surface area contributed by atoms with Crippen LogP contribution in [-0.2, 0) is 16.1 Å². The predicted molar refractivity (Wildman–Crippen MR) is 139 cm³/mol. The van der Waals surface area contributed by atoms with Crippen LogP contribution in [0.2, 0.25) is 0 Å². The fraction of sp³-hybridized carbons (Fsp3) is 0.464. The number of esters is 1. The van der Waals surface area contributed by atoms with Gasteiger partial charge in [0.25, 0.3) is 0 Å². The van der Waals surface area contributed by atoms with E-state index < -0.39 is 35.0 Å². The number of aromatic nitrogens is 1. The number of likely N-dealkylation sites (tertiary alicyclic amines) is 1. The second-order valence-corrected chi connectivity index (χ2v) is 9.92. The first-order valence-corrected chi connectivity index (χ1v) is 13.0. The molecule has 1 aliphatic heterocycles. The van der Waals surface area contributed by atoms with E-state index >= 15 is 0 Å². The number of rotatable bonds is 9. The van der Waals surface area contributed by atoms with E-state index in [0.717, 1.165) is 5.56 Å². The summed E-state index contributed by atoms with van der Waals surface area (Å²) in [6, 6.07) is 10.4. The molecule has 2 aromatic rings. The number of carbonyl (C=O) groups excluding carboxylic acids is 2. The third-order valence-electron chi connectivity index (χ3n) is 7.15. The highest BCUT2D eigenvalue weighted by molar-refractivity contribution is 5.90. The lowest BCUT2D eigenvalue weighted by Gasteiger charge is -2.36. The zero-order valence-corrected chi connectivity index (χ0v) is 21.9. The average molecular weight is 546 g/mol. The van der Waals surface area contributed by atoms with Crippen molar-refractivity contribution in [1.29, 1.82) is 0 Å². The summed E-state index contributed by atoms with van der Waals surface area (Å²) >= 11 is 0. The molecule has 1 atom stereocenters. The Balaban J connectivity index is 1.66. The van der Waals surface area contributed by atoms with E-state index in [1.54, 1.807) is 6.92 Å². The Bertz CT molecular complexity index is 1240. The Morgan fingerprint density at radius 1 is 1.13 bits per heavy atom. The quantitative estimate of drug-likeness (QED) is 0.360. The summed E-state index contributed by atoms with van der Waals surface area (Å²) in [6.07, 6.45) is 1.74. The molecule has 1 N–H and O–H groups in total. The topological polar surface area (TPSA) is 99.1 Å². The minimum absolute atomic E-state index is 0.0172. The number of amides is 1. The van der Waals surface area contributed by atoms with E-state index in [2.05, 4.69) is 12.0 Å². The van der Waals surface area contributed by atoms with Gasteiger partial charge >= 0.3 is 12.1 Å². The highest BCUT2D eigenvalue weighted by Gasteiger charge is 2.51. The van der Waals surface area contributed by atoms with E-state index in [1.165, 1.54) is 27.9 Å². The lowest BCUT2D eigenvalue weighted by Crippen LogP contribution is -2.45. The van der Waals surface area contributed by atoms with Gasteiger partial charge in [-0.05, 0) is 37.2 Å². The SMILES string of the molecule is C=CCOC(=O)N1CC2(CCC(F)(F)CC2)CC1Nn1ccc(=O)c(OCc2ccccc2)c1C(=O)OCC. The monoisotopic (exact) mass is 545 g/mol. The van der Waals surface area contributed by atoms with E-state index in [9.17, 15) is 23.2 Å². The Kier molecular flexibility index (Phi) is 8.57. The van der Waals surface area contributed by atoms with Crippen molar-refractivity contribution >= 4 is 12.1 Å². The minimum Gasteiger partial charge on any atom is -0.482 e. The van der Waals surface area contributed by atoms with Crippen molar-refractivity contribution in [2.24, 2.45) is 5.41 Å². The summed E-state index contributed by atoms with van der Waals surface area (Å²) in [5, 5.41) is 0. The van der Waals surface area contributed by atoms with Gasteiger partial charge in [-0.15, -0.1) is 0 Å². The summed E-state index contributed by atoms with van der Waals surface area (Å²) in [4.78, 5) is 40.2. The van der Waals surface area contributed by atoms with Gasteiger partial charge in [0, 0.05) is 31.6 Å². The molecule has 1 aliphatic carbocycles. The second kappa shape index (κ2) is 11.9. The number of nitrogens with one attached hydrogen (secondary N) is 1. The smallest absolute Gasteiger partial charge is 0.411 e. The Labute approximate surface area is 225 Å². The molecule has 4 rings (SSSR count). The van der Waals surface area contributed by atoms with Crippen molar-refractivity contribution in [2.45, 2.75) is 57.7 Å². The fourth-order valence-corrected chi connectivity index (χ4v) is 5.13. The van der Waals surface area contributed by atoms with Gasteiger partial charge < -0.3 is 19.6 Å². The van der Waals surface area contributed by atoms with E-state index in [1.807, 2.05) is 30.3 Å². The Morgan fingerprint density at radius 3 is 2.51 bits per heavy atom. The first kappa shape index (κ1) is 28.1. The fourth-order valence-electron chi connectivity index (χ4n) is 5.13. The summed E-state index contributed by atoms with van der Waals surface area (Å²) in [5.74, 6) is -3.74. The average Bonchev–Trinajstić information content (AvgIpc) is 3.28. The molecule has 2 aliphatic rings. The maximum atomic E-state index is 14.0. The van der Waals surface area contributed by atoms with Gasteiger partial charge in [-0.25, -0.2) is 18.4 Å². The largest absolute Gasteiger partial charge is 0.482 e. The highest BCUT2D eigenvalue weighted by Crippen LogP contribution is 2.50. The molecule has 1 amide bonds. The zero-order chi connectivity index (χ0) is 28.0. The van der Waals surface area contributed by atoms with E-state index in [-0.39, 0.29) is 63.5 Å². The Hall–Kier alpha value is -3.89. The van der Waals surface area contributed by atoms with Crippen LogP contribution >= 0.6 is 0 Å². The van der Waals surface area contributed by atoms with Crippen molar-refractivity contribution in [3.8, 4) is 5.75 Å². The molecule has 1 aromatic heterocycles. The number of pyridine rings is 1. The van der Waals surface area contributed by atoms with Gasteiger partial charge in [-0.3, -0.25) is 14.4 Å². The summed E-state index contributed by atoms with van der Waals surface area (Å²) in [7, 11) is 0. The third kappa shape index (κ3) is 6.58. The van der Waals surface area contributed by atoms with Crippen molar-refractivity contribution in [2.75, 3.05) is 25.2 Å². The summed E-state index contributed by atoms with van der Waals surface area (Å²) < 4.78 is 45.5. The molecule has 1 saturated carbocycles. The number of carbonyl (C=O) groups is 2. The Morgan fingerprint density at radius 2 is 1.85 bits per heavy atom. The van der Waals surface area contributed by atoms with Crippen LogP contribution in [0.1, 0.15) is 55.1 Å². The molecule has 1 spiro atoms.